The van der Waals surface area contributed by atoms with Gasteiger partial charge in [0.05, 0.1) is 6.61 Å². The maximum Gasteiger partial charge on any atom is 0.0558 e. The van der Waals surface area contributed by atoms with Crippen LogP contribution in [-0.4, -0.2) is 42.8 Å². The molecule has 0 saturated heterocycles. The lowest BCUT2D eigenvalue weighted by Gasteiger charge is -2.20. The second kappa shape index (κ2) is 9.60. The van der Waals surface area contributed by atoms with Gasteiger partial charge in [0.1, 0.15) is 0 Å². The molecule has 0 unspecified atom stereocenters. The minimum absolute atomic E-state index is 0. The third-order valence-electron chi connectivity index (χ3n) is 2.42. The van der Waals surface area contributed by atoms with Crippen LogP contribution in [-0.2, 0) is 6.42 Å². The molecule has 0 fully saturated rings. The van der Waals surface area contributed by atoms with Crippen LogP contribution in [0.4, 0.5) is 0 Å². The van der Waals surface area contributed by atoms with Crippen molar-refractivity contribution in [2.75, 3.05) is 32.8 Å². The molecule has 1 aromatic carbocycles. The van der Waals surface area contributed by atoms with Crippen LogP contribution in [0.3, 0.4) is 0 Å². The molecule has 4 heteroatoms. The summed E-state index contributed by atoms with van der Waals surface area (Å²) in [6, 6.07) is 10.4. The van der Waals surface area contributed by atoms with Gasteiger partial charge in [0.2, 0.25) is 0 Å². The number of aliphatic hydroxyl groups excluding tert-OH is 1. The van der Waals surface area contributed by atoms with E-state index >= 15 is 0 Å². The smallest absolute Gasteiger partial charge is 0.0558 e. The summed E-state index contributed by atoms with van der Waals surface area (Å²) in [5, 5.41) is 8.88. The van der Waals surface area contributed by atoms with Crippen LogP contribution in [0.15, 0.2) is 30.3 Å². The lowest BCUT2D eigenvalue weighted by molar-refractivity contribution is 0.200. The number of rotatable bonds is 7. The van der Waals surface area contributed by atoms with Gasteiger partial charge < -0.3 is 10.8 Å². The van der Waals surface area contributed by atoms with Gasteiger partial charge in [0.25, 0.3) is 0 Å². The SMILES string of the molecule is Cl.NCCN(CCO)CCc1ccccc1. The Morgan fingerprint density at radius 1 is 1.06 bits per heavy atom. The van der Waals surface area contributed by atoms with Crippen molar-refractivity contribution in [2.45, 2.75) is 6.42 Å². The Hall–Kier alpha value is -0.610. The fourth-order valence-corrected chi connectivity index (χ4v) is 1.59. The lowest BCUT2D eigenvalue weighted by atomic mass is 10.1. The summed E-state index contributed by atoms with van der Waals surface area (Å²) in [5.41, 5.74) is 6.84. The number of aliphatic hydroxyl groups is 1. The molecule has 0 radical (unpaired) electrons. The molecule has 0 aliphatic heterocycles. The first-order chi connectivity index (χ1) is 7.36. The monoisotopic (exact) mass is 244 g/mol. The Kier molecular flexibility index (Phi) is 9.24. The zero-order valence-corrected chi connectivity index (χ0v) is 10.3. The van der Waals surface area contributed by atoms with Crippen molar-refractivity contribution < 1.29 is 5.11 Å². The van der Waals surface area contributed by atoms with Crippen LogP contribution >= 0.6 is 12.4 Å². The maximum absolute atomic E-state index is 8.88. The van der Waals surface area contributed by atoms with Crippen LogP contribution < -0.4 is 5.73 Å². The molecule has 3 nitrogen and oxygen atoms in total. The quantitative estimate of drug-likeness (QED) is 0.750. The molecule has 0 aliphatic carbocycles. The summed E-state index contributed by atoms with van der Waals surface area (Å²) in [6.45, 7) is 3.38. The van der Waals surface area contributed by atoms with Gasteiger partial charge in [-0.2, -0.15) is 0 Å². The highest BCUT2D eigenvalue weighted by Gasteiger charge is 2.02. The fraction of sp³-hybridized carbons (Fsp3) is 0.500. The number of nitrogens with two attached hydrogens (primary N) is 1. The minimum atomic E-state index is 0. The summed E-state index contributed by atoms with van der Waals surface area (Å²) >= 11 is 0. The second-order valence-corrected chi connectivity index (χ2v) is 3.59. The zero-order valence-electron chi connectivity index (χ0n) is 9.51. The van der Waals surface area contributed by atoms with Gasteiger partial charge in [-0.25, -0.2) is 0 Å². The molecule has 3 N–H and O–H groups in total. The van der Waals surface area contributed by atoms with Crippen LogP contribution in [0, 0.1) is 0 Å². The van der Waals surface area contributed by atoms with E-state index in [-0.39, 0.29) is 19.0 Å². The van der Waals surface area contributed by atoms with Crippen LogP contribution in [0.25, 0.3) is 0 Å². The van der Waals surface area contributed by atoms with Gasteiger partial charge in [-0.3, -0.25) is 4.90 Å². The first kappa shape index (κ1) is 15.4. The predicted octanol–water partition coefficient (Wildman–Crippen LogP) is 0.904. The Morgan fingerprint density at radius 3 is 2.31 bits per heavy atom. The normalized spacial score (nSPS) is 10.2. The Labute approximate surface area is 104 Å². The molecule has 1 aromatic rings. The molecule has 0 atom stereocenters. The van der Waals surface area contributed by atoms with E-state index < -0.39 is 0 Å². The number of hydrogen-bond donors (Lipinski definition) is 2. The number of nitrogens with zero attached hydrogens (tertiary/aromatic N) is 1. The number of hydrogen-bond acceptors (Lipinski definition) is 3. The van der Waals surface area contributed by atoms with Crippen LogP contribution in [0.2, 0.25) is 0 Å². The Morgan fingerprint density at radius 2 is 1.75 bits per heavy atom. The van der Waals surface area contributed by atoms with Gasteiger partial charge >= 0.3 is 0 Å². The topological polar surface area (TPSA) is 49.5 Å². The minimum Gasteiger partial charge on any atom is -0.395 e. The van der Waals surface area contributed by atoms with E-state index in [0.29, 0.717) is 13.1 Å². The maximum atomic E-state index is 8.88. The highest BCUT2D eigenvalue weighted by Crippen LogP contribution is 2.00. The molecular formula is C12H21ClN2O. The summed E-state index contributed by atoms with van der Waals surface area (Å²) < 4.78 is 0. The van der Waals surface area contributed by atoms with Gasteiger partial charge in [0.15, 0.2) is 0 Å². The predicted molar refractivity (Wildman–Crippen MR) is 70.0 cm³/mol. The summed E-state index contributed by atoms with van der Waals surface area (Å²) in [5.74, 6) is 0. The van der Waals surface area contributed by atoms with Gasteiger partial charge in [0, 0.05) is 26.2 Å². The van der Waals surface area contributed by atoms with Crippen LogP contribution in [0.5, 0.6) is 0 Å². The average molecular weight is 245 g/mol. The first-order valence-electron chi connectivity index (χ1n) is 5.44. The molecular weight excluding hydrogens is 224 g/mol. The van der Waals surface area contributed by atoms with Crippen molar-refractivity contribution >= 4 is 12.4 Å². The average Bonchev–Trinajstić information content (AvgIpc) is 2.28. The number of benzene rings is 1. The molecule has 0 aromatic heterocycles. The van der Waals surface area contributed by atoms with E-state index in [1.807, 2.05) is 6.07 Å². The molecule has 1 rings (SSSR count). The molecule has 0 bridgehead atoms. The summed E-state index contributed by atoms with van der Waals surface area (Å²) in [7, 11) is 0. The number of halogens is 1. The second-order valence-electron chi connectivity index (χ2n) is 3.59. The van der Waals surface area contributed by atoms with Crippen molar-refractivity contribution in [3.63, 3.8) is 0 Å². The van der Waals surface area contributed by atoms with E-state index in [9.17, 15) is 0 Å². The van der Waals surface area contributed by atoms with Crippen molar-refractivity contribution in [2.24, 2.45) is 5.73 Å². The van der Waals surface area contributed by atoms with Crippen molar-refractivity contribution in [1.29, 1.82) is 0 Å². The van der Waals surface area contributed by atoms with Crippen molar-refractivity contribution in [1.82, 2.24) is 4.90 Å². The lowest BCUT2D eigenvalue weighted by Crippen LogP contribution is -2.33. The zero-order chi connectivity index (χ0) is 10.9. The molecule has 0 saturated carbocycles. The largest absolute Gasteiger partial charge is 0.395 e. The van der Waals surface area contributed by atoms with Gasteiger partial charge in [-0.1, -0.05) is 30.3 Å². The third kappa shape index (κ3) is 6.08. The van der Waals surface area contributed by atoms with E-state index in [1.165, 1.54) is 5.56 Å². The third-order valence-corrected chi connectivity index (χ3v) is 2.42. The fourth-order valence-electron chi connectivity index (χ4n) is 1.59. The van der Waals surface area contributed by atoms with Crippen LogP contribution in [0.1, 0.15) is 5.56 Å². The molecule has 92 valence electrons. The highest BCUT2D eigenvalue weighted by molar-refractivity contribution is 5.85. The summed E-state index contributed by atoms with van der Waals surface area (Å²) in [6.07, 6.45) is 1.01. The Balaban J connectivity index is 0.00000225. The van der Waals surface area contributed by atoms with E-state index in [1.54, 1.807) is 0 Å². The van der Waals surface area contributed by atoms with E-state index in [4.69, 9.17) is 10.8 Å². The van der Waals surface area contributed by atoms with E-state index in [2.05, 4.69) is 29.2 Å². The highest BCUT2D eigenvalue weighted by atomic mass is 35.5. The van der Waals surface area contributed by atoms with Crippen molar-refractivity contribution in [3.05, 3.63) is 35.9 Å². The molecule has 0 amide bonds. The van der Waals surface area contributed by atoms with Crippen molar-refractivity contribution in [3.8, 4) is 0 Å². The molecule has 0 spiro atoms. The first-order valence-corrected chi connectivity index (χ1v) is 5.44. The van der Waals surface area contributed by atoms with Gasteiger partial charge in [-0.15, -0.1) is 12.4 Å². The van der Waals surface area contributed by atoms with E-state index in [0.717, 1.165) is 19.5 Å². The molecule has 0 heterocycles. The Bertz CT molecular complexity index is 250. The van der Waals surface area contributed by atoms with Gasteiger partial charge in [-0.05, 0) is 12.0 Å². The molecule has 16 heavy (non-hydrogen) atoms. The standard InChI is InChI=1S/C12H20N2O.ClH/c13-7-9-14(10-11-15)8-6-12-4-2-1-3-5-12;/h1-5,15H,6-11,13H2;1H. The molecule has 0 aliphatic rings. The summed E-state index contributed by atoms with van der Waals surface area (Å²) in [4.78, 5) is 2.19.